The molecule has 0 N–H and O–H groups in total. The molecule has 1 fully saturated rings. The molecule has 2 heteroatoms. The van der Waals surface area contributed by atoms with E-state index < -0.39 is 0 Å². The molecule has 2 nitrogen and oxygen atoms in total. The molecule has 1 heterocycles. The minimum absolute atomic E-state index is 0.432. The predicted molar refractivity (Wildman–Crippen MR) is 72.9 cm³/mol. The van der Waals surface area contributed by atoms with Gasteiger partial charge < -0.3 is 4.74 Å². The molecule has 1 aliphatic carbocycles. The fourth-order valence-corrected chi connectivity index (χ4v) is 3.01. The maximum absolute atomic E-state index is 6.18. The number of rotatable bonds is 4. The largest absolute Gasteiger partial charge is 0.320 e. The number of ether oxygens (including phenoxy) is 1. The van der Waals surface area contributed by atoms with E-state index >= 15 is 0 Å². The van der Waals surface area contributed by atoms with Crippen molar-refractivity contribution in [3.8, 4) is 0 Å². The van der Waals surface area contributed by atoms with Crippen molar-refractivity contribution in [2.24, 2.45) is 17.8 Å². The monoisotopic (exact) mass is 248 g/mol. The van der Waals surface area contributed by atoms with E-state index in [9.17, 15) is 0 Å². The Hall–Kier alpha value is -0.890. The lowest BCUT2D eigenvalue weighted by Gasteiger charge is -2.36. The van der Waals surface area contributed by atoms with Gasteiger partial charge in [-0.3, -0.25) is 0 Å². The molecule has 1 aromatic rings. The normalized spacial score (nSPS) is 28.6. The summed E-state index contributed by atoms with van der Waals surface area (Å²) in [6, 6.07) is 6.13. The number of pyridine rings is 1. The highest BCUT2D eigenvalue weighted by Gasteiger charge is 2.31. The topological polar surface area (TPSA) is 13.1 Å². The lowest BCUT2D eigenvalue weighted by Crippen LogP contribution is -2.41. The molecule has 0 aliphatic heterocycles. The van der Waals surface area contributed by atoms with Gasteiger partial charge in [0.1, 0.15) is 0 Å². The van der Waals surface area contributed by atoms with Crippen molar-refractivity contribution in [2.45, 2.75) is 52.9 Å². The summed E-state index contributed by atoms with van der Waals surface area (Å²) in [5, 5.41) is 0. The van der Waals surface area contributed by atoms with Crippen LogP contribution in [0.4, 0.5) is 0 Å². The van der Waals surface area contributed by atoms with Gasteiger partial charge in [0.2, 0.25) is 0 Å². The molecule has 1 saturated carbocycles. The number of nitrogens with zero attached hydrogens (tertiary/aromatic N) is 1. The Bertz CT molecular complexity index is 349. The van der Waals surface area contributed by atoms with E-state index in [2.05, 4.69) is 37.7 Å². The van der Waals surface area contributed by atoms with Crippen molar-refractivity contribution in [3.05, 3.63) is 30.6 Å². The summed E-state index contributed by atoms with van der Waals surface area (Å²) in [7, 11) is 0. The van der Waals surface area contributed by atoms with E-state index in [1.54, 1.807) is 0 Å². The van der Waals surface area contributed by atoms with Crippen LogP contribution in [-0.4, -0.2) is 6.10 Å². The van der Waals surface area contributed by atoms with E-state index in [4.69, 9.17) is 4.74 Å². The molecule has 0 amide bonds. The first kappa shape index (κ1) is 13.5. The van der Waals surface area contributed by atoms with Gasteiger partial charge in [-0.25, -0.2) is 0 Å². The Balaban J connectivity index is 1.92. The summed E-state index contributed by atoms with van der Waals surface area (Å²) in [5.74, 6) is 2.26. The molecule has 2 rings (SSSR count). The first-order valence-corrected chi connectivity index (χ1v) is 7.22. The number of aromatic nitrogens is 1. The van der Waals surface area contributed by atoms with Gasteiger partial charge in [-0.15, -0.1) is 0 Å². The first-order valence-electron chi connectivity index (χ1n) is 7.22. The molecule has 0 aromatic carbocycles. The Morgan fingerprint density at radius 2 is 1.89 bits per heavy atom. The van der Waals surface area contributed by atoms with Crippen LogP contribution in [0.3, 0.4) is 0 Å². The molecule has 0 saturated heterocycles. The minimum atomic E-state index is 0.432. The van der Waals surface area contributed by atoms with Crippen LogP contribution >= 0.6 is 0 Å². The van der Waals surface area contributed by atoms with Gasteiger partial charge in [0, 0.05) is 12.1 Å². The second kappa shape index (κ2) is 6.33. The summed E-state index contributed by atoms with van der Waals surface area (Å²) in [4.78, 5) is 0. The third-order valence-electron chi connectivity index (χ3n) is 4.18. The van der Waals surface area contributed by atoms with Crippen molar-refractivity contribution < 1.29 is 9.30 Å². The average molecular weight is 248 g/mol. The van der Waals surface area contributed by atoms with E-state index in [1.165, 1.54) is 19.3 Å². The highest BCUT2D eigenvalue weighted by Crippen LogP contribution is 2.35. The molecule has 0 radical (unpaired) electrons. The van der Waals surface area contributed by atoms with Crippen molar-refractivity contribution in [3.63, 3.8) is 0 Å². The zero-order chi connectivity index (χ0) is 13.0. The van der Waals surface area contributed by atoms with Crippen LogP contribution in [0.5, 0.6) is 0 Å². The molecule has 0 bridgehead atoms. The third-order valence-corrected chi connectivity index (χ3v) is 4.18. The quantitative estimate of drug-likeness (QED) is 0.744. The van der Waals surface area contributed by atoms with Crippen molar-refractivity contribution in [1.29, 1.82) is 0 Å². The number of hydrogen-bond acceptors (Lipinski definition) is 1. The molecule has 0 spiro atoms. The second-order valence-corrected chi connectivity index (χ2v) is 6.05. The SMILES string of the molecule is CC(C)[C@@H]1CC[C@@H](C)C[C@H]1OC[n+]1ccccc1. The maximum atomic E-state index is 6.18. The van der Waals surface area contributed by atoms with Crippen LogP contribution in [0.2, 0.25) is 0 Å². The summed E-state index contributed by atoms with van der Waals surface area (Å²) < 4.78 is 8.28. The Labute approximate surface area is 111 Å². The lowest BCUT2D eigenvalue weighted by atomic mass is 9.75. The average Bonchev–Trinajstić information content (AvgIpc) is 2.37. The lowest BCUT2D eigenvalue weighted by molar-refractivity contribution is -0.735. The fourth-order valence-electron chi connectivity index (χ4n) is 3.01. The molecule has 1 aromatic heterocycles. The summed E-state index contributed by atoms with van der Waals surface area (Å²) in [6.07, 6.45) is 8.47. The van der Waals surface area contributed by atoms with Crippen molar-refractivity contribution >= 4 is 0 Å². The molecular formula is C16H26NO+. The van der Waals surface area contributed by atoms with Crippen LogP contribution in [0.1, 0.15) is 40.0 Å². The summed E-state index contributed by atoms with van der Waals surface area (Å²) in [6.45, 7) is 7.68. The highest BCUT2D eigenvalue weighted by molar-refractivity contribution is 4.83. The van der Waals surface area contributed by atoms with Crippen LogP contribution in [0, 0.1) is 17.8 Å². The summed E-state index contributed by atoms with van der Waals surface area (Å²) >= 11 is 0. The maximum Gasteiger partial charge on any atom is 0.252 e. The first-order chi connectivity index (χ1) is 8.66. The Morgan fingerprint density at radius 3 is 2.56 bits per heavy atom. The van der Waals surface area contributed by atoms with Crippen LogP contribution in [0.15, 0.2) is 30.6 Å². The molecule has 1 aliphatic rings. The Kier molecular flexibility index (Phi) is 4.76. The highest BCUT2D eigenvalue weighted by atomic mass is 16.5. The molecule has 100 valence electrons. The zero-order valence-corrected chi connectivity index (χ0v) is 11.9. The standard InChI is InChI=1S/C16H26NO/c1-13(2)15-8-7-14(3)11-16(15)18-12-17-9-5-4-6-10-17/h4-6,9-10,13-16H,7-8,11-12H2,1-3H3/q+1/t14-,15+,16-/m1/s1. The molecule has 0 unspecified atom stereocenters. The van der Waals surface area contributed by atoms with E-state index in [1.807, 2.05) is 18.2 Å². The summed E-state index contributed by atoms with van der Waals surface area (Å²) in [5.41, 5.74) is 0. The predicted octanol–water partition coefficient (Wildman–Crippen LogP) is 3.41. The Morgan fingerprint density at radius 1 is 1.17 bits per heavy atom. The van der Waals surface area contributed by atoms with E-state index in [0.717, 1.165) is 17.8 Å². The van der Waals surface area contributed by atoms with Crippen molar-refractivity contribution in [1.82, 2.24) is 0 Å². The smallest absolute Gasteiger partial charge is 0.252 e. The second-order valence-electron chi connectivity index (χ2n) is 6.05. The van der Waals surface area contributed by atoms with Gasteiger partial charge in [-0.1, -0.05) is 33.3 Å². The number of hydrogen-bond donors (Lipinski definition) is 0. The van der Waals surface area contributed by atoms with E-state index in [-0.39, 0.29) is 0 Å². The third kappa shape index (κ3) is 3.55. The van der Waals surface area contributed by atoms with Gasteiger partial charge in [0.05, 0.1) is 6.10 Å². The van der Waals surface area contributed by atoms with Gasteiger partial charge in [-0.2, -0.15) is 4.57 Å². The van der Waals surface area contributed by atoms with Gasteiger partial charge in [0.15, 0.2) is 12.4 Å². The fraction of sp³-hybridized carbons (Fsp3) is 0.688. The molecule has 18 heavy (non-hydrogen) atoms. The van der Waals surface area contributed by atoms with Gasteiger partial charge >= 0.3 is 0 Å². The van der Waals surface area contributed by atoms with Crippen LogP contribution in [0.25, 0.3) is 0 Å². The van der Waals surface area contributed by atoms with E-state index in [0.29, 0.717) is 12.8 Å². The van der Waals surface area contributed by atoms with Gasteiger partial charge in [0.25, 0.3) is 6.73 Å². The zero-order valence-electron chi connectivity index (χ0n) is 11.9. The minimum Gasteiger partial charge on any atom is -0.320 e. The van der Waals surface area contributed by atoms with Crippen molar-refractivity contribution in [2.75, 3.05) is 0 Å². The van der Waals surface area contributed by atoms with Crippen LogP contribution < -0.4 is 4.57 Å². The molecular weight excluding hydrogens is 222 g/mol. The van der Waals surface area contributed by atoms with Gasteiger partial charge in [-0.05, 0) is 30.6 Å². The molecule has 3 atom stereocenters. The van der Waals surface area contributed by atoms with Crippen LogP contribution in [-0.2, 0) is 11.5 Å².